The Morgan fingerprint density at radius 3 is 2.49 bits per heavy atom. The molecule has 262 valence electrons. The highest BCUT2D eigenvalue weighted by molar-refractivity contribution is 5.96. The Balaban J connectivity index is 1.39. The molecule has 4 rings (SSSR count). The maximum Gasteiger partial charge on any atom is 0.408 e. The van der Waals surface area contributed by atoms with Gasteiger partial charge in [-0.25, -0.2) is 19.2 Å². The summed E-state index contributed by atoms with van der Waals surface area (Å²) in [6.45, 7) is 7.74. The van der Waals surface area contributed by atoms with Crippen molar-refractivity contribution < 1.29 is 32.6 Å². The number of benzene rings is 2. The number of anilines is 2. The van der Waals surface area contributed by atoms with Gasteiger partial charge in [0.05, 0.1) is 19.0 Å². The van der Waals surface area contributed by atoms with Crippen molar-refractivity contribution in [3.63, 3.8) is 0 Å². The van der Waals surface area contributed by atoms with E-state index in [0.717, 1.165) is 5.56 Å². The molecule has 0 spiro atoms. The van der Waals surface area contributed by atoms with E-state index in [2.05, 4.69) is 31.2 Å². The third-order valence-electron chi connectivity index (χ3n) is 7.38. The van der Waals surface area contributed by atoms with Crippen LogP contribution in [0.25, 0.3) is 16.9 Å². The van der Waals surface area contributed by atoms with Crippen molar-refractivity contribution in [2.75, 3.05) is 32.1 Å². The van der Waals surface area contributed by atoms with Crippen molar-refractivity contribution in [3.05, 3.63) is 71.7 Å². The smallest absolute Gasteiger partial charge is 0.408 e. The summed E-state index contributed by atoms with van der Waals surface area (Å²) in [7, 11) is 1.26. The molecule has 0 aliphatic carbocycles. The summed E-state index contributed by atoms with van der Waals surface area (Å²) in [6.07, 6.45) is 5.23. The summed E-state index contributed by atoms with van der Waals surface area (Å²) < 4.78 is 41.0. The number of ether oxygens (including phenoxy) is 2. The largest absolute Gasteiger partial charge is 0.494 e. The van der Waals surface area contributed by atoms with Gasteiger partial charge in [0.1, 0.15) is 11.6 Å². The van der Waals surface area contributed by atoms with E-state index >= 15 is 0 Å². The Labute approximate surface area is 283 Å². The zero-order chi connectivity index (χ0) is 35.7. The first-order valence-corrected chi connectivity index (χ1v) is 15.9. The standard InChI is InChI=1S/C34H42F2N8O5/c1-6-20-18-21(42-29-30-41-19-25(44(30)17-16-38-29)23-11-12-26(48-5)28(36)27(23)35)9-10-22(20)31(45)39-14-15-40-32(46)24(8-7-13-37)43-33(47)49-34(2,3)4/h9-12,16-19,24H,6-8,13-15,37H2,1-5H3,(H,38,42)(H,39,45)(H,40,46)(H,43,47)/t24-/m0/s1. The van der Waals surface area contributed by atoms with E-state index < -0.39 is 35.3 Å². The number of methoxy groups -OCH3 is 1. The summed E-state index contributed by atoms with van der Waals surface area (Å²) in [4.78, 5) is 46.8. The van der Waals surface area contributed by atoms with Gasteiger partial charge in [-0.2, -0.15) is 4.39 Å². The number of hydrogen-bond acceptors (Lipinski definition) is 9. The zero-order valence-electron chi connectivity index (χ0n) is 28.2. The van der Waals surface area contributed by atoms with Crippen LogP contribution >= 0.6 is 0 Å². The van der Waals surface area contributed by atoms with Crippen molar-refractivity contribution in [2.24, 2.45) is 5.73 Å². The quantitative estimate of drug-likeness (QED) is 0.120. The summed E-state index contributed by atoms with van der Waals surface area (Å²) in [5, 5.41) is 11.3. The fourth-order valence-electron chi connectivity index (χ4n) is 5.04. The van der Waals surface area contributed by atoms with Crippen LogP contribution in [0.2, 0.25) is 0 Å². The van der Waals surface area contributed by atoms with Gasteiger partial charge >= 0.3 is 6.09 Å². The SMILES string of the molecule is CCc1cc(Nc2nccn3c(-c4ccc(OC)c(F)c4F)cnc23)ccc1C(=O)NCCNC(=O)[C@H](CCCN)NC(=O)OC(C)(C)C. The van der Waals surface area contributed by atoms with Crippen LogP contribution in [-0.2, 0) is 16.0 Å². The number of nitrogens with one attached hydrogen (secondary N) is 4. The Hall–Kier alpha value is -5.31. The molecule has 0 unspecified atom stereocenters. The lowest BCUT2D eigenvalue weighted by molar-refractivity contribution is -0.123. The van der Waals surface area contributed by atoms with E-state index in [1.165, 1.54) is 31.6 Å². The van der Waals surface area contributed by atoms with Crippen LogP contribution in [0.5, 0.6) is 5.75 Å². The van der Waals surface area contributed by atoms with Gasteiger partial charge in [0.2, 0.25) is 11.7 Å². The minimum absolute atomic E-state index is 0.00929. The van der Waals surface area contributed by atoms with Gasteiger partial charge in [-0.15, -0.1) is 0 Å². The maximum atomic E-state index is 14.9. The molecule has 2 heterocycles. The molecule has 0 fully saturated rings. The van der Waals surface area contributed by atoms with Gasteiger partial charge in [-0.05, 0) is 82.5 Å². The molecule has 0 saturated carbocycles. The number of fused-ring (bicyclic) bond motifs is 1. The summed E-state index contributed by atoms with van der Waals surface area (Å²) in [5.41, 5.74) is 7.42. The molecule has 2 aromatic carbocycles. The Morgan fingerprint density at radius 2 is 1.80 bits per heavy atom. The first-order valence-electron chi connectivity index (χ1n) is 15.9. The second-order valence-electron chi connectivity index (χ2n) is 12.1. The lowest BCUT2D eigenvalue weighted by Gasteiger charge is -2.23. The molecular weight excluding hydrogens is 638 g/mol. The van der Waals surface area contributed by atoms with Crippen LogP contribution in [-0.4, -0.2) is 70.7 Å². The molecule has 0 bridgehead atoms. The van der Waals surface area contributed by atoms with Crippen LogP contribution < -0.4 is 31.7 Å². The Kier molecular flexibility index (Phi) is 12.1. The average Bonchev–Trinajstić information content (AvgIpc) is 3.50. The third-order valence-corrected chi connectivity index (χ3v) is 7.38. The van der Waals surface area contributed by atoms with E-state index in [9.17, 15) is 23.2 Å². The van der Waals surface area contributed by atoms with E-state index in [1.807, 2.05) is 13.0 Å². The number of aryl methyl sites for hydroxylation is 1. The average molecular weight is 681 g/mol. The Bertz CT molecular complexity index is 1810. The van der Waals surface area contributed by atoms with Crippen molar-refractivity contribution >= 4 is 35.1 Å². The number of hydrogen-bond donors (Lipinski definition) is 5. The molecule has 6 N–H and O–H groups in total. The first-order chi connectivity index (χ1) is 23.4. The highest BCUT2D eigenvalue weighted by atomic mass is 19.2. The van der Waals surface area contributed by atoms with Crippen LogP contribution in [0.1, 0.15) is 56.5 Å². The molecule has 13 nitrogen and oxygen atoms in total. The van der Waals surface area contributed by atoms with Crippen LogP contribution in [0.4, 0.5) is 25.1 Å². The highest BCUT2D eigenvalue weighted by Gasteiger charge is 2.24. The van der Waals surface area contributed by atoms with Gasteiger partial charge in [-0.1, -0.05) is 6.92 Å². The number of imidazole rings is 1. The summed E-state index contributed by atoms with van der Waals surface area (Å²) in [5.74, 6) is -2.72. The van der Waals surface area contributed by atoms with Gasteiger partial charge in [0.15, 0.2) is 23.0 Å². The predicted octanol–water partition coefficient (Wildman–Crippen LogP) is 4.47. The summed E-state index contributed by atoms with van der Waals surface area (Å²) in [6, 6.07) is 7.14. The minimum Gasteiger partial charge on any atom is -0.494 e. The van der Waals surface area contributed by atoms with E-state index in [0.29, 0.717) is 54.2 Å². The molecule has 1 atom stereocenters. The number of amides is 3. The normalized spacial score (nSPS) is 11.9. The molecule has 0 saturated heterocycles. The zero-order valence-corrected chi connectivity index (χ0v) is 28.2. The van der Waals surface area contributed by atoms with E-state index in [1.54, 1.807) is 43.5 Å². The topological polar surface area (TPSA) is 174 Å². The molecule has 3 amide bonds. The minimum atomic E-state index is -1.09. The molecular formula is C34H42F2N8O5. The van der Waals surface area contributed by atoms with Crippen LogP contribution in [0.3, 0.4) is 0 Å². The number of nitrogens with zero attached hydrogens (tertiary/aromatic N) is 3. The van der Waals surface area contributed by atoms with Crippen molar-refractivity contribution in [3.8, 4) is 17.0 Å². The lowest BCUT2D eigenvalue weighted by atomic mass is 10.0. The van der Waals surface area contributed by atoms with Crippen LogP contribution in [0, 0.1) is 11.6 Å². The van der Waals surface area contributed by atoms with E-state index in [4.69, 9.17) is 15.2 Å². The molecule has 49 heavy (non-hydrogen) atoms. The molecule has 4 aromatic rings. The molecule has 2 aromatic heterocycles. The fraction of sp³-hybridized carbons (Fsp3) is 0.382. The molecule has 0 radical (unpaired) electrons. The second kappa shape index (κ2) is 16.2. The number of aromatic nitrogens is 3. The Morgan fingerprint density at radius 1 is 1.04 bits per heavy atom. The number of alkyl carbamates (subject to hydrolysis) is 1. The van der Waals surface area contributed by atoms with Gasteiger partial charge in [0.25, 0.3) is 5.91 Å². The number of carbonyl (C=O) groups is 3. The molecule has 0 aliphatic heterocycles. The van der Waals surface area contributed by atoms with Gasteiger partial charge in [-0.3, -0.25) is 14.0 Å². The van der Waals surface area contributed by atoms with E-state index in [-0.39, 0.29) is 30.3 Å². The molecule has 0 aliphatic rings. The van der Waals surface area contributed by atoms with Crippen molar-refractivity contribution in [1.82, 2.24) is 30.3 Å². The predicted molar refractivity (Wildman–Crippen MR) is 181 cm³/mol. The third kappa shape index (κ3) is 9.19. The fourth-order valence-corrected chi connectivity index (χ4v) is 5.04. The van der Waals surface area contributed by atoms with Crippen molar-refractivity contribution in [2.45, 2.75) is 58.6 Å². The van der Waals surface area contributed by atoms with Crippen molar-refractivity contribution in [1.29, 1.82) is 0 Å². The number of halogens is 2. The number of rotatable bonds is 14. The van der Waals surface area contributed by atoms with Gasteiger partial charge < -0.3 is 36.5 Å². The number of nitrogens with two attached hydrogens (primary N) is 1. The van der Waals surface area contributed by atoms with Gasteiger partial charge in [0, 0.05) is 42.3 Å². The number of carbonyl (C=O) groups excluding carboxylic acids is 3. The second-order valence-corrected chi connectivity index (χ2v) is 12.1. The molecule has 15 heteroatoms. The van der Waals surface area contributed by atoms with Crippen LogP contribution in [0.15, 0.2) is 48.9 Å². The maximum absolute atomic E-state index is 14.9. The summed E-state index contributed by atoms with van der Waals surface area (Å²) >= 11 is 0. The monoisotopic (exact) mass is 680 g/mol. The highest BCUT2D eigenvalue weighted by Crippen LogP contribution is 2.31. The first kappa shape index (κ1) is 36.5. The lowest BCUT2D eigenvalue weighted by Crippen LogP contribution is -2.49.